The minimum Gasteiger partial charge on any atom is -0.495 e. The summed E-state index contributed by atoms with van der Waals surface area (Å²) in [4.78, 5) is 2.41. The predicted octanol–water partition coefficient (Wildman–Crippen LogP) is 6.19. The second-order valence-corrected chi connectivity index (χ2v) is 8.63. The summed E-state index contributed by atoms with van der Waals surface area (Å²) >= 11 is 6.45. The van der Waals surface area contributed by atoms with Crippen molar-refractivity contribution in [3.8, 4) is 5.75 Å². The number of hydrogen-bond acceptors (Lipinski definition) is 3. The molecule has 1 aliphatic heterocycles. The third kappa shape index (κ3) is 4.79. The predicted molar refractivity (Wildman–Crippen MR) is 129 cm³/mol. The van der Waals surface area contributed by atoms with Crippen molar-refractivity contribution >= 4 is 22.4 Å². The van der Waals surface area contributed by atoms with Crippen molar-refractivity contribution in [1.82, 2.24) is 4.90 Å². The van der Waals surface area contributed by atoms with E-state index in [1.807, 2.05) is 24.3 Å². The molecule has 3 nitrogen and oxygen atoms in total. The van der Waals surface area contributed by atoms with E-state index in [-0.39, 0.29) is 6.04 Å². The largest absolute Gasteiger partial charge is 0.495 e. The summed E-state index contributed by atoms with van der Waals surface area (Å²) in [7, 11) is 1.62. The maximum Gasteiger partial charge on any atom is 0.138 e. The molecule has 0 saturated carbocycles. The van der Waals surface area contributed by atoms with Crippen LogP contribution in [-0.4, -0.2) is 36.2 Å². The van der Waals surface area contributed by atoms with E-state index in [0.29, 0.717) is 10.8 Å². The van der Waals surface area contributed by atoms with Crippen LogP contribution in [0.3, 0.4) is 0 Å². The number of nitrogens with zero attached hydrogens (tertiary/aromatic N) is 1. The van der Waals surface area contributed by atoms with Crippen LogP contribution in [0.5, 0.6) is 5.75 Å². The fourth-order valence-electron chi connectivity index (χ4n) is 4.58. The summed E-state index contributed by atoms with van der Waals surface area (Å²) in [6.07, 6.45) is 4.76. The van der Waals surface area contributed by atoms with E-state index in [4.69, 9.17) is 16.3 Å². The van der Waals surface area contributed by atoms with Gasteiger partial charge >= 0.3 is 0 Å². The fourth-order valence-corrected chi connectivity index (χ4v) is 4.89. The number of rotatable bonds is 7. The molecule has 162 valence electrons. The lowest BCUT2D eigenvalue weighted by Crippen LogP contribution is -2.42. The number of ether oxygens (including phenoxy) is 1. The molecule has 3 aromatic carbocycles. The molecule has 0 fully saturated rings. The highest BCUT2D eigenvalue weighted by Crippen LogP contribution is 2.35. The standard InChI is InChI=1S/C27H30ClNO2/c1-3-24(29-15-13-20(14-16-29)17-19-7-5-4-6-8-19)27(30)22-9-11-23-21(18-22)10-12-25(31-2)26(23)28/h4-13,18,24,27,30H,3,14-17H2,1-2H3/t24-,27-/m1/s1. The minimum atomic E-state index is -0.542. The van der Waals surface area contributed by atoms with Crippen LogP contribution in [0.1, 0.15) is 37.0 Å². The molecule has 4 heteroatoms. The highest BCUT2D eigenvalue weighted by atomic mass is 35.5. The lowest BCUT2D eigenvalue weighted by Gasteiger charge is -2.36. The molecule has 1 N–H and O–H groups in total. The molecule has 3 aromatic rings. The second kappa shape index (κ2) is 9.86. The van der Waals surface area contributed by atoms with Gasteiger partial charge in [-0.15, -0.1) is 0 Å². The van der Waals surface area contributed by atoms with Crippen molar-refractivity contribution in [2.24, 2.45) is 0 Å². The molecule has 0 radical (unpaired) electrons. The van der Waals surface area contributed by atoms with Gasteiger partial charge in [0.15, 0.2) is 0 Å². The topological polar surface area (TPSA) is 32.7 Å². The zero-order valence-electron chi connectivity index (χ0n) is 18.2. The molecule has 0 spiro atoms. The summed E-state index contributed by atoms with van der Waals surface area (Å²) < 4.78 is 5.32. The third-order valence-electron chi connectivity index (χ3n) is 6.36. The molecule has 1 aliphatic rings. The van der Waals surface area contributed by atoms with E-state index in [0.717, 1.165) is 48.7 Å². The summed E-state index contributed by atoms with van der Waals surface area (Å²) in [6.45, 7) is 4.01. The van der Waals surface area contributed by atoms with Crippen molar-refractivity contribution in [1.29, 1.82) is 0 Å². The van der Waals surface area contributed by atoms with Gasteiger partial charge in [-0.2, -0.15) is 0 Å². The maximum absolute atomic E-state index is 11.2. The highest BCUT2D eigenvalue weighted by Gasteiger charge is 2.27. The van der Waals surface area contributed by atoms with E-state index in [1.165, 1.54) is 11.1 Å². The average molecular weight is 436 g/mol. The van der Waals surface area contributed by atoms with Crippen molar-refractivity contribution in [3.05, 3.63) is 88.5 Å². The van der Waals surface area contributed by atoms with Gasteiger partial charge in [-0.05, 0) is 47.9 Å². The van der Waals surface area contributed by atoms with E-state index in [1.54, 1.807) is 7.11 Å². The van der Waals surface area contributed by atoms with E-state index in [9.17, 15) is 5.11 Å². The van der Waals surface area contributed by atoms with Crippen LogP contribution in [-0.2, 0) is 6.42 Å². The summed E-state index contributed by atoms with van der Waals surface area (Å²) in [5.74, 6) is 0.667. The first-order valence-corrected chi connectivity index (χ1v) is 11.4. The number of benzene rings is 3. The van der Waals surface area contributed by atoms with Crippen LogP contribution in [0.25, 0.3) is 10.8 Å². The van der Waals surface area contributed by atoms with Gasteiger partial charge in [0.1, 0.15) is 5.75 Å². The van der Waals surface area contributed by atoms with Crippen LogP contribution in [0.2, 0.25) is 5.02 Å². The van der Waals surface area contributed by atoms with Gasteiger partial charge in [-0.25, -0.2) is 0 Å². The van der Waals surface area contributed by atoms with Gasteiger partial charge in [0, 0.05) is 24.5 Å². The minimum absolute atomic E-state index is 0.0840. The highest BCUT2D eigenvalue weighted by molar-refractivity contribution is 6.37. The normalized spacial score (nSPS) is 16.7. The number of aliphatic hydroxyl groups excluding tert-OH is 1. The van der Waals surface area contributed by atoms with Crippen molar-refractivity contribution in [3.63, 3.8) is 0 Å². The molecule has 2 atom stereocenters. The van der Waals surface area contributed by atoms with Crippen molar-refractivity contribution in [2.75, 3.05) is 20.2 Å². The van der Waals surface area contributed by atoms with Crippen LogP contribution < -0.4 is 4.74 Å². The van der Waals surface area contributed by atoms with Crippen LogP contribution in [0, 0.1) is 0 Å². The van der Waals surface area contributed by atoms with Crippen molar-refractivity contribution < 1.29 is 9.84 Å². The Labute approximate surface area is 189 Å². The smallest absolute Gasteiger partial charge is 0.138 e. The van der Waals surface area contributed by atoms with Gasteiger partial charge in [0.25, 0.3) is 0 Å². The molecule has 0 saturated heterocycles. The van der Waals surface area contributed by atoms with Gasteiger partial charge in [-0.1, -0.05) is 78.7 Å². The van der Waals surface area contributed by atoms with E-state index < -0.39 is 6.10 Å². The third-order valence-corrected chi connectivity index (χ3v) is 6.75. The lowest BCUT2D eigenvalue weighted by atomic mass is 9.93. The lowest BCUT2D eigenvalue weighted by molar-refractivity contribution is 0.0500. The summed E-state index contributed by atoms with van der Waals surface area (Å²) in [5.41, 5.74) is 3.78. The Morgan fingerprint density at radius 2 is 1.90 bits per heavy atom. The average Bonchev–Trinajstić information content (AvgIpc) is 2.81. The van der Waals surface area contributed by atoms with Gasteiger partial charge in [-0.3, -0.25) is 4.90 Å². The Morgan fingerprint density at radius 1 is 1.10 bits per heavy atom. The number of hydrogen-bond donors (Lipinski definition) is 1. The Hall–Kier alpha value is -2.33. The molecular formula is C27H30ClNO2. The fraction of sp³-hybridized carbons (Fsp3) is 0.333. The zero-order chi connectivity index (χ0) is 21.8. The molecular weight excluding hydrogens is 406 g/mol. The second-order valence-electron chi connectivity index (χ2n) is 8.25. The number of fused-ring (bicyclic) bond motifs is 1. The SMILES string of the molecule is CC[C@H]([C@H](O)c1ccc2c(Cl)c(OC)ccc2c1)N1CC=C(Cc2ccccc2)CC1. The Bertz CT molecular complexity index is 1060. The van der Waals surface area contributed by atoms with Gasteiger partial charge < -0.3 is 9.84 Å². The van der Waals surface area contributed by atoms with Crippen LogP contribution in [0.4, 0.5) is 0 Å². The van der Waals surface area contributed by atoms with Crippen LogP contribution >= 0.6 is 11.6 Å². The monoisotopic (exact) mass is 435 g/mol. The molecule has 0 aromatic heterocycles. The first-order chi connectivity index (χ1) is 15.1. The molecule has 0 amide bonds. The maximum atomic E-state index is 11.2. The van der Waals surface area contributed by atoms with Crippen LogP contribution in [0.15, 0.2) is 72.3 Å². The molecule has 1 heterocycles. The van der Waals surface area contributed by atoms with E-state index in [2.05, 4.69) is 54.3 Å². The van der Waals surface area contributed by atoms with Crippen molar-refractivity contribution in [2.45, 2.75) is 38.3 Å². The molecule has 0 aliphatic carbocycles. The summed E-state index contributed by atoms with van der Waals surface area (Å²) in [6, 6.07) is 20.6. The molecule has 0 unspecified atom stereocenters. The number of methoxy groups -OCH3 is 1. The Kier molecular flexibility index (Phi) is 6.96. The number of aliphatic hydroxyl groups is 1. The van der Waals surface area contributed by atoms with E-state index >= 15 is 0 Å². The van der Waals surface area contributed by atoms with Gasteiger partial charge in [0.2, 0.25) is 0 Å². The number of halogens is 1. The quantitative estimate of drug-likeness (QED) is 0.449. The molecule has 4 rings (SSSR count). The Morgan fingerprint density at radius 3 is 2.58 bits per heavy atom. The summed E-state index contributed by atoms with van der Waals surface area (Å²) in [5, 5.41) is 13.8. The molecule has 0 bridgehead atoms. The first kappa shape index (κ1) is 21.9. The van der Waals surface area contributed by atoms with Gasteiger partial charge in [0.05, 0.1) is 18.2 Å². The first-order valence-electron chi connectivity index (χ1n) is 11.0. The zero-order valence-corrected chi connectivity index (χ0v) is 19.0. The Balaban J connectivity index is 1.49. The molecule has 31 heavy (non-hydrogen) atoms.